The summed E-state index contributed by atoms with van der Waals surface area (Å²) in [5, 5.41) is 2.14. The molecule has 1 aromatic carbocycles. The second-order valence-electron chi connectivity index (χ2n) is 7.11. The topological polar surface area (TPSA) is 119 Å². The zero-order chi connectivity index (χ0) is 27.1. The molecular weight excluding hydrogens is 512 g/mol. The Labute approximate surface area is 198 Å². The van der Waals surface area contributed by atoms with E-state index in [9.17, 15) is 40.8 Å². The molecule has 1 unspecified atom stereocenters. The number of esters is 2. The SMILES string of the molecule is CCc1cc(OC(F)(F)F)cc2c1O[C@H](C(F)(F)F)C(C(=O)OCOCC(=O)OCC(C)ON=O)=C2. The molecule has 10 nitrogen and oxygen atoms in total. The molecule has 0 spiro atoms. The molecule has 0 saturated carbocycles. The van der Waals surface area contributed by atoms with Gasteiger partial charge in [-0.05, 0) is 37.1 Å². The van der Waals surface area contributed by atoms with Crippen LogP contribution in [0.2, 0.25) is 0 Å². The van der Waals surface area contributed by atoms with E-state index in [-0.39, 0.29) is 29.9 Å². The first-order valence-corrected chi connectivity index (χ1v) is 10.0. The summed E-state index contributed by atoms with van der Waals surface area (Å²) in [6.07, 6.45) is -13.1. The maximum Gasteiger partial charge on any atom is 0.573 e. The second-order valence-corrected chi connectivity index (χ2v) is 7.11. The number of ether oxygens (including phenoxy) is 5. The Bertz CT molecular complexity index is 993. The van der Waals surface area contributed by atoms with E-state index in [1.807, 2.05) is 0 Å². The summed E-state index contributed by atoms with van der Waals surface area (Å²) < 4.78 is 101. The van der Waals surface area contributed by atoms with Gasteiger partial charge < -0.3 is 28.5 Å². The molecule has 1 aromatic rings. The quantitative estimate of drug-likeness (QED) is 0.104. The van der Waals surface area contributed by atoms with Crippen molar-refractivity contribution in [3.05, 3.63) is 33.7 Å². The van der Waals surface area contributed by atoms with E-state index in [2.05, 4.69) is 24.4 Å². The number of carbonyl (C=O) groups is 2. The Morgan fingerprint density at radius 2 is 1.83 bits per heavy atom. The van der Waals surface area contributed by atoms with Crippen LogP contribution in [0.3, 0.4) is 0 Å². The molecule has 0 radical (unpaired) electrons. The molecule has 200 valence electrons. The minimum absolute atomic E-state index is 0.00388. The lowest BCUT2D eigenvalue weighted by molar-refractivity contribution is -0.274. The van der Waals surface area contributed by atoms with Crippen LogP contribution >= 0.6 is 0 Å². The fourth-order valence-electron chi connectivity index (χ4n) is 2.88. The smallest absolute Gasteiger partial charge is 0.475 e. The molecule has 0 N–H and O–H groups in total. The standard InChI is InChI=1S/C20H19F6NO9/c1-3-11-4-13(35-20(24,25)26)5-12-6-14(17(19(21,22)23)34-16(11)12)18(29)33-9-31-8-15(28)32-7-10(2)36-27-30/h4-6,10,17H,3,7-9H2,1-2H3/t10?,17-/m0/s1. The van der Waals surface area contributed by atoms with Crippen LogP contribution in [0.5, 0.6) is 11.5 Å². The van der Waals surface area contributed by atoms with Crippen LogP contribution in [0.25, 0.3) is 6.08 Å². The third-order valence-electron chi connectivity index (χ3n) is 4.34. The van der Waals surface area contributed by atoms with Gasteiger partial charge in [-0.1, -0.05) is 6.92 Å². The summed E-state index contributed by atoms with van der Waals surface area (Å²) in [5.41, 5.74) is -1.36. The van der Waals surface area contributed by atoms with Crippen molar-refractivity contribution in [2.24, 2.45) is 5.34 Å². The van der Waals surface area contributed by atoms with Crippen molar-refractivity contribution in [3.8, 4) is 11.5 Å². The largest absolute Gasteiger partial charge is 0.573 e. The number of aryl methyl sites for hydroxylation is 1. The first kappa shape index (κ1) is 28.7. The van der Waals surface area contributed by atoms with Crippen molar-refractivity contribution in [2.45, 2.75) is 45.0 Å². The van der Waals surface area contributed by atoms with Crippen LogP contribution in [0.1, 0.15) is 25.0 Å². The van der Waals surface area contributed by atoms with Crippen molar-refractivity contribution in [1.82, 2.24) is 0 Å². The molecule has 0 aromatic heterocycles. The van der Waals surface area contributed by atoms with E-state index >= 15 is 0 Å². The summed E-state index contributed by atoms with van der Waals surface area (Å²) in [6, 6.07) is 1.64. The number of rotatable bonds is 11. The Morgan fingerprint density at radius 3 is 2.42 bits per heavy atom. The van der Waals surface area contributed by atoms with Gasteiger partial charge in [-0.2, -0.15) is 13.2 Å². The molecule has 1 aliphatic rings. The van der Waals surface area contributed by atoms with E-state index in [1.54, 1.807) is 0 Å². The van der Waals surface area contributed by atoms with Gasteiger partial charge in [-0.15, -0.1) is 18.1 Å². The van der Waals surface area contributed by atoms with Crippen LogP contribution in [0.4, 0.5) is 26.3 Å². The van der Waals surface area contributed by atoms with E-state index in [0.29, 0.717) is 6.08 Å². The number of hydrogen-bond acceptors (Lipinski definition) is 10. The van der Waals surface area contributed by atoms with E-state index in [4.69, 9.17) is 9.47 Å². The predicted molar refractivity (Wildman–Crippen MR) is 105 cm³/mol. The minimum atomic E-state index is -5.09. The molecule has 2 rings (SSSR count). The number of nitrogens with zero attached hydrogens (tertiary/aromatic N) is 1. The predicted octanol–water partition coefficient (Wildman–Crippen LogP) is 4.00. The number of benzene rings is 1. The van der Waals surface area contributed by atoms with E-state index < -0.39 is 61.4 Å². The first-order valence-electron chi connectivity index (χ1n) is 10.0. The van der Waals surface area contributed by atoms with E-state index in [1.165, 1.54) is 13.8 Å². The highest BCUT2D eigenvalue weighted by Crippen LogP contribution is 2.42. The summed E-state index contributed by atoms with van der Waals surface area (Å²) in [6.45, 7) is 0.746. The Balaban J connectivity index is 2.14. The third kappa shape index (κ3) is 8.28. The maximum atomic E-state index is 13.6. The highest BCUT2D eigenvalue weighted by atomic mass is 19.4. The Kier molecular flexibility index (Phi) is 9.49. The van der Waals surface area contributed by atoms with Crippen molar-refractivity contribution >= 4 is 18.0 Å². The molecule has 2 atom stereocenters. The molecule has 16 heteroatoms. The summed E-state index contributed by atoms with van der Waals surface area (Å²) >= 11 is 0. The Hall–Kier alpha value is -3.56. The van der Waals surface area contributed by atoms with Crippen LogP contribution in [0.15, 0.2) is 23.0 Å². The summed E-state index contributed by atoms with van der Waals surface area (Å²) in [7, 11) is 0. The number of fused-ring (bicyclic) bond motifs is 1. The molecule has 0 saturated heterocycles. The minimum Gasteiger partial charge on any atom is -0.475 e. The van der Waals surface area contributed by atoms with Crippen LogP contribution < -0.4 is 9.47 Å². The van der Waals surface area contributed by atoms with Gasteiger partial charge in [0.25, 0.3) is 0 Å². The third-order valence-corrected chi connectivity index (χ3v) is 4.34. The number of halogens is 6. The van der Waals surface area contributed by atoms with Gasteiger partial charge >= 0.3 is 24.5 Å². The average Bonchev–Trinajstić information content (AvgIpc) is 2.77. The molecular formula is C20H19F6NO9. The van der Waals surface area contributed by atoms with Gasteiger partial charge in [-0.3, -0.25) is 0 Å². The van der Waals surface area contributed by atoms with Crippen LogP contribution in [-0.4, -0.2) is 56.7 Å². The fraction of sp³-hybridized carbons (Fsp3) is 0.500. The molecule has 36 heavy (non-hydrogen) atoms. The van der Waals surface area contributed by atoms with E-state index in [0.717, 1.165) is 12.1 Å². The number of hydrogen-bond donors (Lipinski definition) is 0. The maximum absolute atomic E-state index is 13.6. The van der Waals surface area contributed by atoms with Gasteiger partial charge in [0.15, 0.2) is 18.2 Å². The average molecular weight is 531 g/mol. The summed E-state index contributed by atoms with van der Waals surface area (Å²) in [4.78, 5) is 38.0. The lowest BCUT2D eigenvalue weighted by Gasteiger charge is -2.29. The van der Waals surface area contributed by atoms with Gasteiger partial charge in [0.05, 0.1) is 5.57 Å². The monoisotopic (exact) mass is 531 g/mol. The normalized spacial score (nSPS) is 16.1. The van der Waals surface area contributed by atoms with Gasteiger partial charge in [-0.25, -0.2) is 9.59 Å². The highest BCUT2D eigenvalue weighted by Gasteiger charge is 2.49. The molecule has 1 aliphatic heterocycles. The fourth-order valence-corrected chi connectivity index (χ4v) is 2.88. The zero-order valence-electron chi connectivity index (χ0n) is 18.6. The van der Waals surface area contributed by atoms with Gasteiger partial charge in [0.1, 0.15) is 24.7 Å². The van der Waals surface area contributed by atoms with Gasteiger partial charge in [0.2, 0.25) is 6.10 Å². The van der Waals surface area contributed by atoms with Crippen molar-refractivity contribution < 1.29 is 64.5 Å². The lowest BCUT2D eigenvalue weighted by atomic mass is 9.97. The molecule has 0 fully saturated rings. The molecule has 0 bridgehead atoms. The molecule has 1 heterocycles. The van der Waals surface area contributed by atoms with Crippen molar-refractivity contribution in [3.63, 3.8) is 0 Å². The van der Waals surface area contributed by atoms with Crippen LogP contribution in [-0.2, 0) is 35.1 Å². The summed E-state index contributed by atoms with van der Waals surface area (Å²) in [5.74, 6) is -3.62. The van der Waals surface area contributed by atoms with Crippen molar-refractivity contribution in [1.29, 1.82) is 0 Å². The number of alkyl halides is 6. The number of carbonyl (C=O) groups excluding carboxylic acids is 2. The van der Waals surface area contributed by atoms with Crippen molar-refractivity contribution in [2.75, 3.05) is 20.0 Å². The molecule has 0 amide bonds. The van der Waals surface area contributed by atoms with Gasteiger partial charge in [0, 0.05) is 5.56 Å². The zero-order valence-corrected chi connectivity index (χ0v) is 18.6. The second kappa shape index (κ2) is 11.9. The Morgan fingerprint density at radius 1 is 1.14 bits per heavy atom. The lowest BCUT2D eigenvalue weighted by Crippen LogP contribution is -2.41. The van der Waals surface area contributed by atoms with Crippen LogP contribution in [0, 0.1) is 4.91 Å². The molecule has 0 aliphatic carbocycles. The first-order chi connectivity index (χ1) is 16.7. The highest BCUT2D eigenvalue weighted by molar-refractivity contribution is 5.96.